The molecule has 0 aliphatic rings. The van der Waals surface area contributed by atoms with Gasteiger partial charge in [0.1, 0.15) is 10.8 Å². The number of thiazole rings is 1. The molecular weight excluding hydrogens is 238 g/mol. The number of ether oxygens (including phenoxy) is 1. The Bertz CT molecular complexity index is 479. The molecule has 0 spiro atoms. The van der Waals surface area contributed by atoms with Crippen LogP contribution in [0.25, 0.3) is 10.6 Å². The number of nitrogens with zero attached hydrogens (tertiary/aromatic N) is 1. The Morgan fingerprint density at radius 2 is 2.12 bits per heavy atom. The van der Waals surface area contributed by atoms with E-state index >= 15 is 0 Å². The van der Waals surface area contributed by atoms with Gasteiger partial charge >= 0.3 is 5.97 Å². The molecule has 0 saturated carbocycles. The Balaban J connectivity index is 1.96. The third-order valence-corrected chi connectivity index (χ3v) is 2.94. The Kier molecular flexibility index (Phi) is 3.72. The summed E-state index contributed by atoms with van der Waals surface area (Å²) in [6.07, 6.45) is 1.77. The molecule has 0 radical (unpaired) electrons. The average Bonchev–Trinajstić information content (AvgIpc) is 2.83. The van der Waals surface area contributed by atoms with Crippen LogP contribution in [0.1, 0.15) is 6.42 Å². The summed E-state index contributed by atoms with van der Waals surface area (Å²) < 4.78 is 5.29. The number of benzene rings is 1. The quantitative estimate of drug-likeness (QED) is 0.885. The fraction of sp³-hybridized carbons (Fsp3) is 0.167. The number of carbonyl (C=O) groups is 1. The van der Waals surface area contributed by atoms with Crippen LogP contribution in [0, 0.1) is 0 Å². The second-order valence-electron chi connectivity index (χ2n) is 3.35. The van der Waals surface area contributed by atoms with Crippen LogP contribution in [0.2, 0.25) is 0 Å². The Morgan fingerprint density at radius 3 is 2.71 bits per heavy atom. The van der Waals surface area contributed by atoms with Gasteiger partial charge in [0.25, 0.3) is 0 Å². The van der Waals surface area contributed by atoms with E-state index in [2.05, 4.69) is 4.98 Å². The highest BCUT2D eigenvalue weighted by molar-refractivity contribution is 7.13. The summed E-state index contributed by atoms with van der Waals surface area (Å²) in [5.41, 5.74) is 1.03. The minimum atomic E-state index is -0.857. The number of aromatic nitrogens is 1. The summed E-state index contributed by atoms with van der Waals surface area (Å²) in [5.74, 6) is -0.184. The molecule has 0 aliphatic heterocycles. The molecule has 0 amide bonds. The van der Waals surface area contributed by atoms with Crippen LogP contribution in [-0.4, -0.2) is 22.7 Å². The van der Waals surface area contributed by atoms with Gasteiger partial charge in [0.2, 0.25) is 0 Å². The number of carboxylic acid groups (broad SMARTS) is 1. The van der Waals surface area contributed by atoms with Crippen LogP contribution < -0.4 is 4.74 Å². The first-order valence-corrected chi connectivity index (χ1v) is 5.98. The highest BCUT2D eigenvalue weighted by Crippen LogP contribution is 2.23. The number of aliphatic carboxylic acids is 1. The van der Waals surface area contributed by atoms with Gasteiger partial charge in [-0.3, -0.25) is 4.79 Å². The number of rotatable bonds is 5. The lowest BCUT2D eigenvalue weighted by atomic mass is 10.2. The van der Waals surface area contributed by atoms with E-state index in [0.29, 0.717) is 5.75 Å². The second kappa shape index (κ2) is 5.45. The SMILES string of the molecule is O=C(O)CCOc1ccc(-c2nccs2)cc1. The molecule has 0 bridgehead atoms. The van der Waals surface area contributed by atoms with Crippen LogP contribution in [0.4, 0.5) is 0 Å². The normalized spacial score (nSPS) is 10.1. The summed E-state index contributed by atoms with van der Waals surface area (Å²) in [7, 11) is 0. The molecule has 0 fully saturated rings. The highest BCUT2D eigenvalue weighted by Gasteiger charge is 2.01. The maximum atomic E-state index is 10.3. The molecule has 0 saturated heterocycles. The van der Waals surface area contributed by atoms with Crippen LogP contribution in [-0.2, 0) is 4.79 Å². The third kappa shape index (κ3) is 3.29. The van der Waals surface area contributed by atoms with Gasteiger partial charge in [-0.25, -0.2) is 4.98 Å². The summed E-state index contributed by atoms with van der Waals surface area (Å²) in [5, 5.41) is 11.4. The molecule has 88 valence electrons. The molecule has 2 aromatic rings. The van der Waals surface area contributed by atoms with Gasteiger partial charge in [-0.2, -0.15) is 0 Å². The zero-order chi connectivity index (χ0) is 12.1. The van der Waals surface area contributed by atoms with Crippen molar-refractivity contribution >= 4 is 17.3 Å². The Hall–Kier alpha value is -1.88. The lowest BCUT2D eigenvalue weighted by molar-refractivity contribution is -0.137. The van der Waals surface area contributed by atoms with Gasteiger partial charge in [-0.1, -0.05) is 0 Å². The van der Waals surface area contributed by atoms with E-state index in [1.54, 1.807) is 17.5 Å². The van der Waals surface area contributed by atoms with Crippen LogP contribution in [0.3, 0.4) is 0 Å². The molecule has 0 aliphatic carbocycles. The van der Waals surface area contributed by atoms with E-state index in [0.717, 1.165) is 10.6 Å². The van der Waals surface area contributed by atoms with Crippen molar-refractivity contribution in [3.05, 3.63) is 35.8 Å². The first kappa shape index (κ1) is 11.6. The van der Waals surface area contributed by atoms with E-state index in [4.69, 9.17) is 9.84 Å². The lowest BCUT2D eigenvalue weighted by Crippen LogP contribution is -2.04. The molecule has 0 atom stereocenters. The molecule has 0 unspecified atom stereocenters. The fourth-order valence-electron chi connectivity index (χ4n) is 1.32. The number of carboxylic acids is 1. The molecule has 2 rings (SSSR count). The lowest BCUT2D eigenvalue weighted by Gasteiger charge is -2.04. The first-order chi connectivity index (χ1) is 8.25. The average molecular weight is 249 g/mol. The van der Waals surface area contributed by atoms with E-state index < -0.39 is 5.97 Å². The van der Waals surface area contributed by atoms with Crippen molar-refractivity contribution in [2.75, 3.05) is 6.61 Å². The standard InChI is InChI=1S/C12H11NO3S/c14-11(15)5-7-16-10-3-1-9(2-4-10)12-13-6-8-17-12/h1-4,6,8H,5,7H2,(H,14,15). The first-order valence-electron chi connectivity index (χ1n) is 5.10. The van der Waals surface area contributed by atoms with E-state index in [1.807, 2.05) is 29.6 Å². The molecule has 17 heavy (non-hydrogen) atoms. The second-order valence-corrected chi connectivity index (χ2v) is 4.25. The van der Waals surface area contributed by atoms with Gasteiger partial charge in [-0.05, 0) is 24.3 Å². The Labute approximate surface area is 103 Å². The summed E-state index contributed by atoms with van der Waals surface area (Å²) in [4.78, 5) is 14.5. The molecular formula is C12H11NO3S. The molecule has 4 nitrogen and oxygen atoms in total. The zero-order valence-corrected chi connectivity index (χ0v) is 9.81. The van der Waals surface area contributed by atoms with Crippen molar-refractivity contribution in [1.29, 1.82) is 0 Å². The van der Waals surface area contributed by atoms with Crippen molar-refractivity contribution in [2.24, 2.45) is 0 Å². The zero-order valence-electron chi connectivity index (χ0n) is 9.00. The van der Waals surface area contributed by atoms with Crippen molar-refractivity contribution in [1.82, 2.24) is 4.98 Å². The largest absolute Gasteiger partial charge is 0.493 e. The van der Waals surface area contributed by atoms with E-state index in [1.165, 1.54) is 0 Å². The Morgan fingerprint density at radius 1 is 1.35 bits per heavy atom. The van der Waals surface area contributed by atoms with Gasteiger partial charge in [-0.15, -0.1) is 11.3 Å². The van der Waals surface area contributed by atoms with Gasteiger partial charge in [0, 0.05) is 17.1 Å². The highest BCUT2D eigenvalue weighted by atomic mass is 32.1. The fourth-order valence-corrected chi connectivity index (χ4v) is 1.96. The molecule has 1 aromatic heterocycles. The van der Waals surface area contributed by atoms with Crippen molar-refractivity contribution in [2.45, 2.75) is 6.42 Å². The maximum Gasteiger partial charge on any atom is 0.306 e. The van der Waals surface area contributed by atoms with Crippen molar-refractivity contribution < 1.29 is 14.6 Å². The van der Waals surface area contributed by atoms with E-state index in [9.17, 15) is 4.79 Å². The van der Waals surface area contributed by atoms with Gasteiger partial charge < -0.3 is 9.84 Å². The van der Waals surface area contributed by atoms with Crippen molar-refractivity contribution in [3.8, 4) is 16.3 Å². The number of hydrogen-bond acceptors (Lipinski definition) is 4. The topological polar surface area (TPSA) is 59.4 Å². The number of hydrogen-bond donors (Lipinski definition) is 1. The molecule has 1 heterocycles. The summed E-state index contributed by atoms with van der Waals surface area (Å²) in [6.45, 7) is 0.186. The summed E-state index contributed by atoms with van der Waals surface area (Å²) in [6, 6.07) is 7.46. The predicted octanol–water partition coefficient (Wildman–Crippen LogP) is 2.66. The predicted molar refractivity (Wildman–Crippen MR) is 65.3 cm³/mol. The molecule has 5 heteroatoms. The minimum Gasteiger partial charge on any atom is -0.493 e. The summed E-state index contributed by atoms with van der Waals surface area (Å²) >= 11 is 1.57. The van der Waals surface area contributed by atoms with Crippen LogP contribution in [0.5, 0.6) is 5.75 Å². The maximum absolute atomic E-state index is 10.3. The molecule has 1 aromatic carbocycles. The van der Waals surface area contributed by atoms with Gasteiger partial charge in [0.05, 0.1) is 13.0 Å². The minimum absolute atomic E-state index is 0.00817. The smallest absolute Gasteiger partial charge is 0.306 e. The molecule has 1 N–H and O–H groups in total. The van der Waals surface area contributed by atoms with E-state index in [-0.39, 0.29) is 13.0 Å². The third-order valence-electron chi connectivity index (χ3n) is 2.12. The van der Waals surface area contributed by atoms with Crippen LogP contribution in [0.15, 0.2) is 35.8 Å². The van der Waals surface area contributed by atoms with Crippen molar-refractivity contribution in [3.63, 3.8) is 0 Å². The van der Waals surface area contributed by atoms with Gasteiger partial charge in [0.15, 0.2) is 0 Å². The monoisotopic (exact) mass is 249 g/mol. The van der Waals surface area contributed by atoms with Crippen LogP contribution >= 0.6 is 11.3 Å².